The third-order valence-electron chi connectivity index (χ3n) is 6.35. The summed E-state index contributed by atoms with van der Waals surface area (Å²) in [7, 11) is 1.61. The molecule has 1 aromatic carbocycles. The second-order valence-corrected chi connectivity index (χ2v) is 8.70. The number of aromatic nitrogens is 2. The number of nitrogens with one attached hydrogen (secondary N) is 1. The predicted molar refractivity (Wildman–Crippen MR) is 131 cm³/mol. The van der Waals surface area contributed by atoms with Crippen molar-refractivity contribution in [3.8, 4) is 16.9 Å². The summed E-state index contributed by atoms with van der Waals surface area (Å²) in [5.41, 5.74) is 4.62. The number of hydrogen-bond acceptors (Lipinski definition) is 3. The van der Waals surface area contributed by atoms with Crippen LogP contribution < -0.4 is 10.1 Å². The van der Waals surface area contributed by atoms with Crippen LogP contribution in [-0.2, 0) is 0 Å². The molecule has 0 bridgehead atoms. The van der Waals surface area contributed by atoms with E-state index < -0.39 is 18.6 Å². The second kappa shape index (κ2) is 11.0. The summed E-state index contributed by atoms with van der Waals surface area (Å²) in [5, 5.41) is 2.79. The van der Waals surface area contributed by atoms with Gasteiger partial charge in [-0.2, -0.15) is 13.2 Å². The van der Waals surface area contributed by atoms with Gasteiger partial charge in [0.15, 0.2) is 0 Å². The lowest BCUT2D eigenvalue weighted by molar-refractivity contribution is -0.136. The maximum Gasteiger partial charge on any atom is 0.389 e. The molecule has 35 heavy (non-hydrogen) atoms. The standard InChI is InChI=1S/C26H33F3N4O2/c1-6-21(10-11-26(27,28)29)31-25(34)33(7-2)18(4)19-8-9-23(35-5)22(15-19)20-14-17(3)24-30-12-13-32(24)16-20/h8-9,12-16,18,21H,6-7,10-11H2,1-5H3,(H,31,34)/t18-,21?/m1/s1. The number of nitrogens with zero attached hydrogens (tertiary/aromatic N) is 3. The first-order valence-corrected chi connectivity index (χ1v) is 11.8. The number of hydrogen-bond donors (Lipinski definition) is 1. The molecular formula is C26H33F3N4O2. The number of urea groups is 1. The molecule has 190 valence electrons. The number of ether oxygens (including phenoxy) is 1. The van der Waals surface area contributed by atoms with Crippen LogP contribution in [0.25, 0.3) is 16.8 Å². The van der Waals surface area contributed by atoms with E-state index in [0.29, 0.717) is 18.7 Å². The number of alkyl halides is 3. The Morgan fingerprint density at radius 1 is 1.26 bits per heavy atom. The Balaban J connectivity index is 1.86. The molecule has 0 aliphatic carbocycles. The molecule has 2 atom stereocenters. The van der Waals surface area contributed by atoms with Crippen molar-refractivity contribution in [2.24, 2.45) is 0 Å². The van der Waals surface area contributed by atoms with E-state index in [0.717, 1.165) is 27.9 Å². The number of aryl methyl sites for hydroxylation is 1. The summed E-state index contributed by atoms with van der Waals surface area (Å²) in [5.74, 6) is 0.700. The first kappa shape index (κ1) is 26.4. The fourth-order valence-electron chi connectivity index (χ4n) is 4.31. The first-order valence-electron chi connectivity index (χ1n) is 11.8. The molecule has 1 unspecified atom stereocenters. The third kappa shape index (κ3) is 6.26. The fourth-order valence-corrected chi connectivity index (χ4v) is 4.31. The van der Waals surface area contributed by atoms with Gasteiger partial charge >= 0.3 is 12.2 Å². The summed E-state index contributed by atoms with van der Waals surface area (Å²) in [4.78, 5) is 19.0. The molecule has 2 heterocycles. The van der Waals surface area contributed by atoms with E-state index in [9.17, 15) is 18.0 Å². The number of pyridine rings is 1. The van der Waals surface area contributed by atoms with Crippen molar-refractivity contribution in [1.82, 2.24) is 19.6 Å². The van der Waals surface area contributed by atoms with Gasteiger partial charge < -0.3 is 19.4 Å². The highest BCUT2D eigenvalue weighted by molar-refractivity contribution is 5.76. The number of carbonyl (C=O) groups is 1. The van der Waals surface area contributed by atoms with Crippen molar-refractivity contribution in [3.63, 3.8) is 0 Å². The third-order valence-corrected chi connectivity index (χ3v) is 6.35. The van der Waals surface area contributed by atoms with Gasteiger partial charge in [-0.1, -0.05) is 13.0 Å². The van der Waals surface area contributed by atoms with E-state index in [1.54, 1.807) is 25.1 Å². The molecule has 0 saturated heterocycles. The van der Waals surface area contributed by atoms with Crippen molar-refractivity contribution >= 4 is 11.7 Å². The van der Waals surface area contributed by atoms with Gasteiger partial charge in [0.2, 0.25) is 0 Å². The van der Waals surface area contributed by atoms with Crippen LogP contribution in [-0.4, -0.2) is 46.2 Å². The molecule has 1 N–H and O–H groups in total. The Bertz CT molecular complexity index is 1160. The second-order valence-electron chi connectivity index (χ2n) is 8.70. The van der Waals surface area contributed by atoms with Gasteiger partial charge in [-0.25, -0.2) is 9.78 Å². The van der Waals surface area contributed by atoms with Crippen molar-refractivity contribution in [3.05, 3.63) is 54.0 Å². The fraction of sp³-hybridized carbons (Fsp3) is 0.462. The number of rotatable bonds is 9. The minimum Gasteiger partial charge on any atom is -0.496 e. The highest BCUT2D eigenvalue weighted by Crippen LogP contribution is 2.35. The van der Waals surface area contributed by atoms with Crippen molar-refractivity contribution in [2.75, 3.05) is 13.7 Å². The van der Waals surface area contributed by atoms with Gasteiger partial charge in [0.1, 0.15) is 11.4 Å². The maximum absolute atomic E-state index is 13.0. The van der Waals surface area contributed by atoms with Crippen LogP contribution >= 0.6 is 0 Å². The number of amides is 2. The molecular weight excluding hydrogens is 457 g/mol. The van der Waals surface area contributed by atoms with Gasteiger partial charge in [0, 0.05) is 48.7 Å². The van der Waals surface area contributed by atoms with E-state index >= 15 is 0 Å². The van der Waals surface area contributed by atoms with Gasteiger partial charge in [-0.3, -0.25) is 0 Å². The number of carbonyl (C=O) groups excluding carboxylic acids is 1. The van der Waals surface area contributed by atoms with Crippen LogP contribution in [0.5, 0.6) is 5.75 Å². The van der Waals surface area contributed by atoms with Gasteiger partial charge in [-0.15, -0.1) is 0 Å². The normalized spacial score (nSPS) is 13.5. The van der Waals surface area contributed by atoms with E-state index in [2.05, 4.69) is 10.3 Å². The van der Waals surface area contributed by atoms with E-state index in [-0.39, 0.29) is 18.5 Å². The summed E-state index contributed by atoms with van der Waals surface area (Å²) < 4.78 is 45.5. The molecule has 0 fully saturated rings. The zero-order valence-electron chi connectivity index (χ0n) is 20.8. The van der Waals surface area contributed by atoms with E-state index in [1.165, 1.54) is 0 Å². The molecule has 3 rings (SSSR count). The zero-order chi connectivity index (χ0) is 25.8. The smallest absolute Gasteiger partial charge is 0.389 e. The lowest BCUT2D eigenvalue weighted by atomic mass is 9.98. The molecule has 6 nitrogen and oxygen atoms in total. The Hall–Kier alpha value is -3.23. The van der Waals surface area contributed by atoms with Gasteiger partial charge in [0.05, 0.1) is 13.2 Å². The molecule has 0 spiro atoms. The molecule has 9 heteroatoms. The number of methoxy groups -OCH3 is 1. The molecule has 0 saturated carbocycles. The maximum atomic E-state index is 13.0. The number of benzene rings is 1. The van der Waals surface area contributed by atoms with Crippen LogP contribution in [0.3, 0.4) is 0 Å². The SMILES string of the molecule is CCC(CCC(F)(F)F)NC(=O)N(CC)[C@H](C)c1ccc(OC)c(-c2cc(C)c3nccn3c2)c1. The van der Waals surface area contributed by atoms with Crippen LogP contribution in [0.1, 0.15) is 57.2 Å². The Morgan fingerprint density at radius 3 is 2.63 bits per heavy atom. The number of fused-ring (bicyclic) bond motifs is 1. The Labute approximate surface area is 204 Å². The summed E-state index contributed by atoms with van der Waals surface area (Å²) in [6.45, 7) is 7.94. The summed E-state index contributed by atoms with van der Waals surface area (Å²) in [6, 6.07) is 6.61. The average Bonchev–Trinajstić information content (AvgIpc) is 3.30. The summed E-state index contributed by atoms with van der Waals surface area (Å²) in [6.07, 6.45) is 0.744. The monoisotopic (exact) mass is 490 g/mol. The minimum atomic E-state index is -4.24. The number of imidazole rings is 1. The van der Waals surface area contributed by atoms with Crippen molar-refractivity contribution in [2.45, 2.75) is 65.2 Å². The lowest BCUT2D eigenvalue weighted by Crippen LogP contribution is -2.45. The highest BCUT2D eigenvalue weighted by atomic mass is 19.4. The Morgan fingerprint density at radius 2 is 2.00 bits per heavy atom. The average molecular weight is 491 g/mol. The van der Waals surface area contributed by atoms with Crippen molar-refractivity contribution < 1.29 is 22.7 Å². The minimum absolute atomic E-state index is 0.138. The lowest BCUT2D eigenvalue weighted by Gasteiger charge is -2.31. The highest BCUT2D eigenvalue weighted by Gasteiger charge is 2.29. The molecule has 3 aromatic rings. The molecule has 0 radical (unpaired) electrons. The molecule has 0 aliphatic heterocycles. The summed E-state index contributed by atoms with van der Waals surface area (Å²) >= 11 is 0. The van der Waals surface area contributed by atoms with Crippen LogP contribution in [0.2, 0.25) is 0 Å². The molecule has 0 aliphatic rings. The zero-order valence-corrected chi connectivity index (χ0v) is 20.8. The van der Waals surface area contributed by atoms with Crippen LogP contribution in [0.4, 0.5) is 18.0 Å². The first-order chi connectivity index (χ1) is 16.6. The number of halogens is 3. The van der Waals surface area contributed by atoms with Crippen molar-refractivity contribution in [1.29, 1.82) is 0 Å². The largest absolute Gasteiger partial charge is 0.496 e. The van der Waals surface area contributed by atoms with Gasteiger partial charge in [0.25, 0.3) is 0 Å². The van der Waals surface area contributed by atoms with Crippen LogP contribution in [0, 0.1) is 6.92 Å². The molecule has 2 amide bonds. The predicted octanol–water partition coefficient (Wildman–Crippen LogP) is 6.53. The molecule has 2 aromatic heterocycles. The van der Waals surface area contributed by atoms with E-state index in [1.807, 2.05) is 61.8 Å². The quantitative estimate of drug-likeness (QED) is 0.371. The topological polar surface area (TPSA) is 58.9 Å². The Kier molecular flexibility index (Phi) is 8.30. The van der Waals surface area contributed by atoms with Gasteiger partial charge in [-0.05, 0) is 62.9 Å². The van der Waals surface area contributed by atoms with E-state index in [4.69, 9.17) is 4.74 Å². The van der Waals surface area contributed by atoms with Crippen LogP contribution in [0.15, 0.2) is 42.9 Å².